The van der Waals surface area contributed by atoms with E-state index in [0.717, 1.165) is 17.1 Å². The van der Waals surface area contributed by atoms with Crippen molar-refractivity contribution in [1.82, 2.24) is 9.88 Å². The first-order valence-corrected chi connectivity index (χ1v) is 7.93. The van der Waals surface area contributed by atoms with Crippen molar-refractivity contribution >= 4 is 17.3 Å². The van der Waals surface area contributed by atoms with Crippen LogP contribution in [0.3, 0.4) is 0 Å². The van der Waals surface area contributed by atoms with E-state index in [-0.39, 0.29) is 5.91 Å². The lowest BCUT2D eigenvalue weighted by molar-refractivity contribution is 0.0767. The summed E-state index contributed by atoms with van der Waals surface area (Å²) >= 11 is 0. The molecule has 0 saturated heterocycles. The average Bonchev–Trinajstić information content (AvgIpc) is 2.58. The first-order valence-electron chi connectivity index (χ1n) is 7.93. The molecule has 0 bridgehead atoms. The number of amides is 1. The van der Waals surface area contributed by atoms with Crippen LogP contribution in [0.15, 0.2) is 42.6 Å². The minimum absolute atomic E-state index is 0.0586. The van der Waals surface area contributed by atoms with E-state index < -0.39 is 0 Å². The number of benzene rings is 1. The van der Waals surface area contributed by atoms with Crippen LogP contribution in [0.1, 0.15) is 31.3 Å². The highest BCUT2D eigenvalue weighted by molar-refractivity contribution is 5.93. The van der Waals surface area contributed by atoms with Gasteiger partial charge in [0.25, 0.3) is 5.91 Å². The van der Waals surface area contributed by atoms with Gasteiger partial charge in [-0.2, -0.15) is 0 Å². The summed E-state index contributed by atoms with van der Waals surface area (Å²) in [6.45, 7) is 7.80. The molecule has 0 atom stereocenters. The SMILES string of the molecule is CCOc1ccccc1Nc1ccnc(C(=O)N(CC)CC)c1. The number of carbonyl (C=O) groups excluding carboxylic acids is 1. The van der Waals surface area contributed by atoms with E-state index in [2.05, 4.69) is 10.3 Å². The Balaban J connectivity index is 2.22. The number of nitrogens with zero attached hydrogens (tertiary/aromatic N) is 2. The lowest BCUT2D eigenvalue weighted by atomic mass is 10.2. The quantitative estimate of drug-likeness (QED) is 0.846. The van der Waals surface area contributed by atoms with Crippen molar-refractivity contribution in [3.63, 3.8) is 0 Å². The number of anilines is 2. The topological polar surface area (TPSA) is 54.5 Å². The van der Waals surface area contributed by atoms with Gasteiger partial charge < -0.3 is 15.0 Å². The maximum atomic E-state index is 12.4. The van der Waals surface area contributed by atoms with Gasteiger partial charge in [-0.1, -0.05) is 12.1 Å². The van der Waals surface area contributed by atoms with Gasteiger partial charge in [0.1, 0.15) is 11.4 Å². The Kier molecular flexibility index (Phi) is 5.97. The van der Waals surface area contributed by atoms with Crippen LogP contribution in [0.2, 0.25) is 0 Å². The number of hydrogen-bond acceptors (Lipinski definition) is 4. The number of pyridine rings is 1. The van der Waals surface area contributed by atoms with Gasteiger partial charge in [0, 0.05) is 25.0 Å². The van der Waals surface area contributed by atoms with Crippen LogP contribution in [0, 0.1) is 0 Å². The Morgan fingerprint density at radius 1 is 1.17 bits per heavy atom. The van der Waals surface area contributed by atoms with Gasteiger partial charge in [-0.25, -0.2) is 0 Å². The molecule has 0 aliphatic rings. The first kappa shape index (κ1) is 16.8. The van der Waals surface area contributed by atoms with Crippen LogP contribution in [-0.4, -0.2) is 35.5 Å². The fourth-order valence-corrected chi connectivity index (χ4v) is 2.30. The van der Waals surface area contributed by atoms with Crippen molar-refractivity contribution in [3.05, 3.63) is 48.3 Å². The fraction of sp³-hybridized carbons (Fsp3) is 0.333. The summed E-state index contributed by atoms with van der Waals surface area (Å²) in [5.74, 6) is 0.722. The molecule has 122 valence electrons. The number of hydrogen-bond donors (Lipinski definition) is 1. The van der Waals surface area contributed by atoms with Gasteiger partial charge >= 0.3 is 0 Å². The van der Waals surface area contributed by atoms with Gasteiger partial charge in [0.15, 0.2) is 0 Å². The molecule has 1 heterocycles. The standard InChI is InChI=1S/C18H23N3O2/c1-4-21(5-2)18(22)16-13-14(11-12-19-16)20-15-9-7-8-10-17(15)23-6-3/h7-13H,4-6H2,1-3H3,(H,19,20). The zero-order valence-electron chi connectivity index (χ0n) is 13.9. The molecule has 1 amide bonds. The van der Waals surface area contributed by atoms with Crippen LogP contribution in [0.4, 0.5) is 11.4 Å². The van der Waals surface area contributed by atoms with Crippen LogP contribution >= 0.6 is 0 Å². The molecule has 5 heteroatoms. The molecular weight excluding hydrogens is 290 g/mol. The molecular formula is C18H23N3O2. The van der Waals surface area contributed by atoms with Gasteiger partial charge in [0.2, 0.25) is 0 Å². The van der Waals surface area contributed by atoms with Crippen molar-refractivity contribution in [3.8, 4) is 5.75 Å². The highest BCUT2D eigenvalue weighted by atomic mass is 16.5. The predicted molar refractivity (Wildman–Crippen MR) is 92.4 cm³/mol. The molecule has 0 radical (unpaired) electrons. The second kappa shape index (κ2) is 8.17. The Hall–Kier alpha value is -2.56. The maximum Gasteiger partial charge on any atom is 0.272 e. The Morgan fingerprint density at radius 3 is 2.61 bits per heavy atom. The second-order valence-electron chi connectivity index (χ2n) is 4.96. The third-order valence-corrected chi connectivity index (χ3v) is 3.50. The molecule has 1 aromatic heterocycles. The summed E-state index contributed by atoms with van der Waals surface area (Å²) in [6.07, 6.45) is 1.64. The molecule has 1 N–H and O–H groups in total. The molecule has 2 aromatic rings. The third kappa shape index (κ3) is 4.22. The smallest absolute Gasteiger partial charge is 0.272 e. The van der Waals surface area contributed by atoms with Crippen molar-refractivity contribution in [2.75, 3.05) is 25.0 Å². The van der Waals surface area contributed by atoms with Crippen LogP contribution in [0.5, 0.6) is 5.75 Å². The molecule has 0 aliphatic heterocycles. The largest absolute Gasteiger partial charge is 0.492 e. The van der Waals surface area contributed by atoms with Gasteiger partial charge in [-0.15, -0.1) is 0 Å². The Bertz CT molecular complexity index is 654. The summed E-state index contributed by atoms with van der Waals surface area (Å²) < 4.78 is 5.61. The van der Waals surface area contributed by atoms with Crippen LogP contribution in [-0.2, 0) is 0 Å². The molecule has 1 aromatic carbocycles. The lowest BCUT2D eigenvalue weighted by Crippen LogP contribution is -2.31. The number of para-hydroxylation sites is 2. The Labute approximate surface area is 137 Å². The average molecular weight is 313 g/mol. The molecule has 0 spiro atoms. The first-order chi connectivity index (χ1) is 11.2. The third-order valence-electron chi connectivity index (χ3n) is 3.50. The maximum absolute atomic E-state index is 12.4. The molecule has 0 saturated carbocycles. The minimum atomic E-state index is -0.0586. The number of rotatable bonds is 7. The van der Waals surface area contributed by atoms with E-state index in [9.17, 15) is 4.79 Å². The van der Waals surface area contributed by atoms with Crippen molar-refractivity contribution in [2.24, 2.45) is 0 Å². The highest BCUT2D eigenvalue weighted by Gasteiger charge is 2.14. The summed E-state index contributed by atoms with van der Waals surface area (Å²) in [4.78, 5) is 18.3. The molecule has 0 unspecified atom stereocenters. The molecule has 0 fully saturated rings. The van der Waals surface area contributed by atoms with E-state index in [1.807, 2.05) is 51.1 Å². The van der Waals surface area contributed by atoms with Gasteiger partial charge in [0.05, 0.1) is 12.3 Å². The van der Waals surface area contributed by atoms with E-state index in [0.29, 0.717) is 25.4 Å². The monoisotopic (exact) mass is 313 g/mol. The van der Waals surface area contributed by atoms with E-state index in [4.69, 9.17) is 4.74 Å². The molecule has 2 rings (SSSR count). The summed E-state index contributed by atoms with van der Waals surface area (Å²) in [5, 5.41) is 3.29. The molecule has 0 aliphatic carbocycles. The van der Waals surface area contributed by atoms with E-state index in [1.54, 1.807) is 17.2 Å². The number of aromatic nitrogens is 1. The summed E-state index contributed by atoms with van der Waals surface area (Å²) in [7, 11) is 0. The van der Waals surface area contributed by atoms with Crippen molar-refractivity contribution < 1.29 is 9.53 Å². The number of ether oxygens (including phenoxy) is 1. The zero-order valence-corrected chi connectivity index (χ0v) is 13.9. The van der Waals surface area contributed by atoms with E-state index in [1.165, 1.54) is 0 Å². The molecule has 5 nitrogen and oxygen atoms in total. The van der Waals surface area contributed by atoms with Crippen molar-refractivity contribution in [1.29, 1.82) is 0 Å². The van der Waals surface area contributed by atoms with Gasteiger partial charge in [-0.05, 0) is 45.0 Å². The number of nitrogens with one attached hydrogen (secondary N) is 1. The minimum Gasteiger partial charge on any atom is -0.492 e. The fourth-order valence-electron chi connectivity index (χ4n) is 2.30. The van der Waals surface area contributed by atoms with Crippen LogP contribution in [0.25, 0.3) is 0 Å². The Morgan fingerprint density at radius 2 is 1.91 bits per heavy atom. The highest BCUT2D eigenvalue weighted by Crippen LogP contribution is 2.27. The second-order valence-corrected chi connectivity index (χ2v) is 4.96. The molecule has 23 heavy (non-hydrogen) atoms. The number of carbonyl (C=O) groups is 1. The normalized spacial score (nSPS) is 10.2. The van der Waals surface area contributed by atoms with Gasteiger partial charge in [-0.3, -0.25) is 9.78 Å². The van der Waals surface area contributed by atoms with Crippen LogP contribution < -0.4 is 10.1 Å². The lowest BCUT2D eigenvalue weighted by Gasteiger charge is -2.18. The van der Waals surface area contributed by atoms with E-state index >= 15 is 0 Å². The zero-order chi connectivity index (χ0) is 16.7. The van der Waals surface area contributed by atoms with Crippen molar-refractivity contribution in [2.45, 2.75) is 20.8 Å². The predicted octanol–water partition coefficient (Wildman–Crippen LogP) is 3.71. The summed E-state index contributed by atoms with van der Waals surface area (Å²) in [5.41, 5.74) is 2.11. The summed E-state index contributed by atoms with van der Waals surface area (Å²) in [6, 6.07) is 11.3.